The number of sulfone groups is 1. The van der Waals surface area contributed by atoms with Gasteiger partial charge in [0.15, 0.2) is 9.84 Å². The van der Waals surface area contributed by atoms with E-state index in [0.29, 0.717) is 12.3 Å². The lowest BCUT2D eigenvalue weighted by molar-refractivity contribution is 0.0728. The summed E-state index contributed by atoms with van der Waals surface area (Å²) in [5.41, 5.74) is 6.06. The Labute approximate surface area is 108 Å². The van der Waals surface area contributed by atoms with Crippen molar-refractivity contribution in [2.75, 3.05) is 37.4 Å². The first kappa shape index (κ1) is 13.6. The Morgan fingerprint density at radius 3 is 2.65 bits per heavy atom. The molecule has 0 aromatic carbocycles. The third kappa shape index (κ3) is 2.97. The molecule has 0 bridgehead atoms. The summed E-state index contributed by atoms with van der Waals surface area (Å²) in [4.78, 5) is 2.15. The average molecular weight is 278 g/mol. The van der Waals surface area contributed by atoms with E-state index in [4.69, 9.17) is 5.73 Å². The van der Waals surface area contributed by atoms with Crippen molar-refractivity contribution >= 4 is 21.6 Å². The lowest BCUT2D eigenvalue weighted by Gasteiger charge is -2.47. The van der Waals surface area contributed by atoms with E-state index in [9.17, 15) is 8.42 Å². The zero-order chi connectivity index (χ0) is 12.5. The fraction of sp³-hybridized carbons (Fsp3) is 1.00. The van der Waals surface area contributed by atoms with Crippen molar-refractivity contribution < 1.29 is 8.42 Å². The number of nitrogens with two attached hydrogens (primary N) is 1. The van der Waals surface area contributed by atoms with E-state index in [1.54, 1.807) is 11.8 Å². The molecule has 1 atom stereocenters. The molecule has 4 nitrogen and oxygen atoms in total. The maximum atomic E-state index is 11.8. The highest BCUT2D eigenvalue weighted by Crippen LogP contribution is 2.41. The highest BCUT2D eigenvalue weighted by Gasteiger charge is 2.41. The predicted molar refractivity (Wildman–Crippen MR) is 72.9 cm³/mol. The van der Waals surface area contributed by atoms with Crippen LogP contribution in [0.3, 0.4) is 0 Å². The van der Waals surface area contributed by atoms with Crippen LogP contribution < -0.4 is 5.73 Å². The summed E-state index contributed by atoms with van der Waals surface area (Å²) in [6.07, 6.45) is 4.91. The van der Waals surface area contributed by atoms with E-state index in [2.05, 4.69) is 4.90 Å². The number of nitrogens with zero attached hydrogens (tertiary/aromatic N) is 1. The van der Waals surface area contributed by atoms with Crippen LogP contribution in [0.4, 0.5) is 0 Å². The molecular weight excluding hydrogens is 256 g/mol. The quantitative estimate of drug-likeness (QED) is 0.813. The second-order valence-electron chi connectivity index (χ2n) is 5.39. The van der Waals surface area contributed by atoms with Crippen molar-refractivity contribution in [3.63, 3.8) is 0 Å². The standard InChI is InChI=1S/C11H22N2O2S2/c1-17(14,15)10-7-16-6-5-13(10)9-11(8-12)3-2-4-11/h10H,2-9,12H2,1H3. The van der Waals surface area contributed by atoms with Gasteiger partial charge in [0.25, 0.3) is 0 Å². The molecule has 2 aliphatic rings. The monoisotopic (exact) mass is 278 g/mol. The fourth-order valence-electron chi connectivity index (χ4n) is 2.72. The van der Waals surface area contributed by atoms with E-state index >= 15 is 0 Å². The molecule has 1 saturated carbocycles. The van der Waals surface area contributed by atoms with E-state index in [1.807, 2.05) is 0 Å². The van der Waals surface area contributed by atoms with E-state index in [0.717, 1.165) is 31.7 Å². The Bertz CT molecular complexity index is 360. The number of thioether (sulfide) groups is 1. The van der Waals surface area contributed by atoms with Gasteiger partial charge in [-0.05, 0) is 24.8 Å². The molecule has 0 aromatic heterocycles. The van der Waals surface area contributed by atoms with Crippen molar-refractivity contribution in [2.24, 2.45) is 11.1 Å². The van der Waals surface area contributed by atoms with Gasteiger partial charge in [0.05, 0.1) is 0 Å². The largest absolute Gasteiger partial charge is 0.330 e. The lowest BCUT2D eigenvalue weighted by Crippen LogP contribution is -2.54. The highest BCUT2D eigenvalue weighted by molar-refractivity contribution is 8.00. The molecule has 6 heteroatoms. The topological polar surface area (TPSA) is 63.4 Å². The molecule has 0 radical (unpaired) electrons. The zero-order valence-corrected chi connectivity index (χ0v) is 12.0. The lowest BCUT2D eigenvalue weighted by atomic mass is 9.68. The molecule has 0 spiro atoms. The molecule has 2 rings (SSSR count). The van der Waals surface area contributed by atoms with Crippen LogP contribution in [0.5, 0.6) is 0 Å². The van der Waals surface area contributed by atoms with E-state index in [1.165, 1.54) is 12.7 Å². The van der Waals surface area contributed by atoms with Gasteiger partial charge >= 0.3 is 0 Å². The summed E-state index contributed by atoms with van der Waals surface area (Å²) in [5.74, 6) is 1.74. The molecule has 2 fully saturated rings. The first-order valence-corrected chi connectivity index (χ1v) is 9.29. The molecule has 1 aliphatic heterocycles. The zero-order valence-electron chi connectivity index (χ0n) is 10.4. The number of rotatable bonds is 4. The normalized spacial score (nSPS) is 29.9. The van der Waals surface area contributed by atoms with Crippen molar-refractivity contribution in [1.29, 1.82) is 0 Å². The van der Waals surface area contributed by atoms with Crippen molar-refractivity contribution in [3.05, 3.63) is 0 Å². The molecule has 1 aliphatic carbocycles. The van der Waals surface area contributed by atoms with E-state index in [-0.39, 0.29) is 10.8 Å². The van der Waals surface area contributed by atoms with Gasteiger partial charge in [0.2, 0.25) is 0 Å². The minimum Gasteiger partial charge on any atom is -0.330 e. The van der Waals surface area contributed by atoms with Crippen molar-refractivity contribution in [1.82, 2.24) is 4.90 Å². The van der Waals surface area contributed by atoms with Gasteiger partial charge in [0, 0.05) is 30.9 Å². The predicted octanol–water partition coefficient (Wildman–Crippen LogP) is 0.535. The second kappa shape index (κ2) is 5.07. The van der Waals surface area contributed by atoms with E-state index < -0.39 is 9.84 Å². The summed E-state index contributed by atoms with van der Waals surface area (Å²) in [6, 6.07) is 0. The Kier molecular flexibility index (Phi) is 4.07. The van der Waals surface area contributed by atoms with Gasteiger partial charge in [-0.2, -0.15) is 11.8 Å². The first-order chi connectivity index (χ1) is 7.97. The van der Waals surface area contributed by atoms with Crippen molar-refractivity contribution in [2.45, 2.75) is 24.6 Å². The van der Waals surface area contributed by atoms with Crippen LogP contribution in [-0.4, -0.2) is 56.1 Å². The SMILES string of the molecule is CS(=O)(=O)C1CSCCN1CC1(CN)CCC1. The summed E-state index contributed by atoms with van der Waals surface area (Å²) < 4.78 is 23.6. The van der Waals surface area contributed by atoms with Crippen LogP contribution in [0.2, 0.25) is 0 Å². The van der Waals surface area contributed by atoms with Gasteiger partial charge in [-0.15, -0.1) is 0 Å². The van der Waals surface area contributed by atoms with Crippen LogP contribution in [-0.2, 0) is 9.84 Å². The van der Waals surface area contributed by atoms with Crippen LogP contribution in [0, 0.1) is 5.41 Å². The van der Waals surface area contributed by atoms with Crippen LogP contribution in [0.1, 0.15) is 19.3 Å². The van der Waals surface area contributed by atoms with Gasteiger partial charge in [0.1, 0.15) is 5.37 Å². The Hall–Kier alpha value is 0.220. The number of hydrogen-bond acceptors (Lipinski definition) is 5. The fourth-order valence-corrected chi connectivity index (χ4v) is 5.67. The van der Waals surface area contributed by atoms with Gasteiger partial charge < -0.3 is 5.73 Å². The second-order valence-corrected chi connectivity index (χ2v) is 8.74. The van der Waals surface area contributed by atoms with Crippen LogP contribution in [0.25, 0.3) is 0 Å². The average Bonchev–Trinajstić information content (AvgIpc) is 2.23. The molecule has 1 saturated heterocycles. The van der Waals surface area contributed by atoms with Gasteiger partial charge in [-0.1, -0.05) is 6.42 Å². The molecule has 1 heterocycles. The Morgan fingerprint density at radius 2 is 2.18 bits per heavy atom. The minimum atomic E-state index is -2.98. The molecular formula is C11H22N2O2S2. The molecule has 0 amide bonds. The number of hydrogen-bond donors (Lipinski definition) is 1. The Balaban J connectivity index is 2.06. The molecule has 2 N–H and O–H groups in total. The van der Waals surface area contributed by atoms with Crippen molar-refractivity contribution in [3.8, 4) is 0 Å². The summed E-state index contributed by atoms with van der Waals surface area (Å²) in [6.45, 7) is 2.43. The Morgan fingerprint density at radius 1 is 1.47 bits per heavy atom. The highest BCUT2D eigenvalue weighted by atomic mass is 32.2. The van der Waals surface area contributed by atoms with Gasteiger partial charge in [-0.25, -0.2) is 8.42 Å². The molecule has 100 valence electrons. The van der Waals surface area contributed by atoms with Crippen LogP contribution >= 0.6 is 11.8 Å². The molecule has 0 aromatic rings. The third-order valence-electron chi connectivity index (χ3n) is 4.07. The maximum Gasteiger partial charge on any atom is 0.164 e. The minimum absolute atomic E-state index is 0.199. The smallest absolute Gasteiger partial charge is 0.164 e. The summed E-state index contributed by atoms with van der Waals surface area (Å²) in [5, 5.41) is -0.301. The maximum absolute atomic E-state index is 11.8. The first-order valence-electron chi connectivity index (χ1n) is 6.18. The van der Waals surface area contributed by atoms with Crippen LogP contribution in [0.15, 0.2) is 0 Å². The van der Waals surface area contributed by atoms with Gasteiger partial charge in [-0.3, -0.25) is 4.90 Å². The summed E-state index contributed by atoms with van der Waals surface area (Å²) >= 11 is 1.74. The third-order valence-corrected chi connectivity index (χ3v) is 6.76. The molecule has 1 unspecified atom stereocenters. The summed E-state index contributed by atoms with van der Waals surface area (Å²) in [7, 11) is -2.98. The molecule has 17 heavy (non-hydrogen) atoms.